The highest BCUT2D eigenvalue weighted by Crippen LogP contribution is 2.37. The summed E-state index contributed by atoms with van der Waals surface area (Å²) < 4.78 is 57.8. The second kappa shape index (κ2) is 6.56. The zero-order valence-corrected chi connectivity index (χ0v) is 15.9. The molecule has 1 aromatic heterocycles. The van der Waals surface area contributed by atoms with Crippen LogP contribution in [0.15, 0.2) is 30.6 Å². The Morgan fingerprint density at radius 1 is 1.15 bits per heavy atom. The molecule has 0 saturated carbocycles. The quantitative estimate of drug-likeness (QED) is 0.762. The molecule has 1 aliphatic rings. The van der Waals surface area contributed by atoms with Gasteiger partial charge in [-0.1, -0.05) is 6.07 Å². The lowest BCUT2D eigenvalue weighted by Crippen LogP contribution is -2.41. The summed E-state index contributed by atoms with van der Waals surface area (Å²) in [6.07, 6.45) is -1.16. The third kappa shape index (κ3) is 3.84. The van der Waals surface area contributed by atoms with Gasteiger partial charge < -0.3 is 14.0 Å². The van der Waals surface area contributed by atoms with Crippen molar-refractivity contribution in [1.82, 2.24) is 9.78 Å². The Hall–Kier alpha value is -2.00. The fourth-order valence-corrected chi connectivity index (χ4v) is 2.83. The Kier molecular flexibility index (Phi) is 4.80. The Bertz CT molecular complexity index is 817. The average molecular weight is 382 g/mol. The van der Waals surface area contributed by atoms with Crippen LogP contribution in [0, 0.1) is 0 Å². The van der Waals surface area contributed by atoms with Crippen LogP contribution >= 0.6 is 0 Å². The molecule has 0 amide bonds. The zero-order valence-electron chi connectivity index (χ0n) is 15.9. The number of ether oxygens (including phenoxy) is 1. The summed E-state index contributed by atoms with van der Waals surface area (Å²) in [5.41, 5.74) is -0.569. The number of hydrogen-bond donors (Lipinski definition) is 0. The Labute approximate surface area is 156 Å². The maximum Gasteiger partial charge on any atom is 0.498 e. The standard InChI is InChI=1S/C18H22BF3N2O3/c1-16(2)17(3,4)27-19(26-16)13-9-23-24(11-13)10-12-6-7-15(25-5)14(8-12)18(20,21)22/h6-9,11H,10H2,1-5H3. The van der Waals surface area contributed by atoms with E-state index in [1.54, 1.807) is 23.1 Å². The fraction of sp³-hybridized carbons (Fsp3) is 0.500. The first-order valence-corrected chi connectivity index (χ1v) is 8.55. The van der Waals surface area contributed by atoms with E-state index in [0.29, 0.717) is 5.56 Å². The summed E-state index contributed by atoms with van der Waals surface area (Å²) in [5.74, 6) is -0.204. The van der Waals surface area contributed by atoms with Crippen LogP contribution in [0.4, 0.5) is 13.2 Å². The maximum absolute atomic E-state index is 13.2. The molecule has 0 atom stereocenters. The van der Waals surface area contributed by atoms with Gasteiger partial charge in [0, 0.05) is 17.9 Å². The van der Waals surface area contributed by atoms with Crippen molar-refractivity contribution in [3.63, 3.8) is 0 Å². The monoisotopic (exact) mass is 382 g/mol. The lowest BCUT2D eigenvalue weighted by molar-refractivity contribution is -0.138. The summed E-state index contributed by atoms with van der Waals surface area (Å²) >= 11 is 0. The molecule has 0 radical (unpaired) electrons. The van der Waals surface area contributed by atoms with Gasteiger partial charge in [-0.25, -0.2) is 0 Å². The number of benzene rings is 1. The minimum absolute atomic E-state index is 0.187. The molecule has 146 valence electrons. The predicted octanol–water partition coefficient (Wildman–Crippen LogP) is 3.26. The molecule has 1 fully saturated rings. The van der Waals surface area contributed by atoms with Crippen molar-refractivity contribution in [1.29, 1.82) is 0 Å². The van der Waals surface area contributed by atoms with Gasteiger partial charge in [-0.05, 0) is 45.4 Å². The van der Waals surface area contributed by atoms with Crippen LogP contribution in [0.25, 0.3) is 0 Å². The molecule has 5 nitrogen and oxygen atoms in total. The van der Waals surface area contributed by atoms with Crippen molar-refractivity contribution in [3.05, 3.63) is 41.7 Å². The highest BCUT2D eigenvalue weighted by Gasteiger charge is 2.52. The minimum atomic E-state index is -4.49. The van der Waals surface area contributed by atoms with Gasteiger partial charge in [0.05, 0.1) is 30.4 Å². The van der Waals surface area contributed by atoms with Gasteiger partial charge >= 0.3 is 13.3 Å². The van der Waals surface area contributed by atoms with Gasteiger partial charge in [-0.3, -0.25) is 4.68 Å². The van der Waals surface area contributed by atoms with E-state index in [1.807, 2.05) is 27.7 Å². The number of alkyl halides is 3. The van der Waals surface area contributed by atoms with Gasteiger partial charge in [-0.15, -0.1) is 0 Å². The summed E-state index contributed by atoms with van der Waals surface area (Å²) in [7, 11) is 0.652. The van der Waals surface area contributed by atoms with E-state index in [0.717, 1.165) is 11.5 Å². The van der Waals surface area contributed by atoms with Crippen LogP contribution in [-0.2, 0) is 22.0 Å². The fourth-order valence-electron chi connectivity index (χ4n) is 2.83. The molecule has 0 unspecified atom stereocenters. The van der Waals surface area contributed by atoms with E-state index in [4.69, 9.17) is 14.0 Å². The maximum atomic E-state index is 13.2. The lowest BCUT2D eigenvalue weighted by atomic mass is 9.82. The highest BCUT2D eigenvalue weighted by molar-refractivity contribution is 6.61. The van der Waals surface area contributed by atoms with E-state index < -0.39 is 30.1 Å². The Morgan fingerprint density at radius 2 is 1.78 bits per heavy atom. The van der Waals surface area contributed by atoms with Crippen LogP contribution in [-0.4, -0.2) is 35.2 Å². The molecule has 1 aliphatic heterocycles. The van der Waals surface area contributed by atoms with Crippen molar-refractivity contribution < 1.29 is 27.2 Å². The number of rotatable bonds is 4. The van der Waals surface area contributed by atoms with Crippen molar-refractivity contribution in [2.45, 2.75) is 51.6 Å². The number of nitrogens with zero attached hydrogens (tertiary/aromatic N) is 2. The van der Waals surface area contributed by atoms with Crippen LogP contribution < -0.4 is 10.2 Å². The highest BCUT2D eigenvalue weighted by atomic mass is 19.4. The van der Waals surface area contributed by atoms with Crippen molar-refractivity contribution in [2.24, 2.45) is 0 Å². The number of hydrogen-bond acceptors (Lipinski definition) is 4. The second-order valence-corrected chi connectivity index (χ2v) is 7.59. The van der Waals surface area contributed by atoms with Gasteiger partial charge in [0.25, 0.3) is 0 Å². The van der Waals surface area contributed by atoms with Crippen molar-refractivity contribution in [2.75, 3.05) is 7.11 Å². The largest absolute Gasteiger partial charge is 0.498 e. The van der Waals surface area contributed by atoms with Gasteiger partial charge in [0.15, 0.2) is 0 Å². The zero-order chi connectivity index (χ0) is 20.0. The number of methoxy groups -OCH3 is 1. The molecular weight excluding hydrogens is 360 g/mol. The van der Waals surface area contributed by atoms with E-state index >= 15 is 0 Å². The number of aromatic nitrogens is 2. The average Bonchev–Trinajstić information content (AvgIpc) is 3.09. The van der Waals surface area contributed by atoms with E-state index in [2.05, 4.69) is 5.10 Å². The third-order valence-corrected chi connectivity index (χ3v) is 5.09. The molecule has 2 aromatic rings. The molecule has 1 saturated heterocycles. The summed E-state index contributed by atoms with van der Waals surface area (Å²) in [6.45, 7) is 7.99. The molecule has 0 N–H and O–H groups in total. The van der Waals surface area contributed by atoms with Crippen molar-refractivity contribution >= 4 is 12.6 Å². The molecule has 0 spiro atoms. The summed E-state index contributed by atoms with van der Waals surface area (Å²) in [6, 6.07) is 3.98. The van der Waals surface area contributed by atoms with E-state index in [-0.39, 0.29) is 12.3 Å². The molecule has 0 bridgehead atoms. The Balaban J connectivity index is 1.79. The smallest absolute Gasteiger partial charge is 0.496 e. The first-order valence-electron chi connectivity index (χ1n) is 8.55. The first kappa shape index (κ1) is 19.8. The normalized spacial score (nSPS) is 18.7. The van der Waals surface area contributed by atoms with Gasteiger partial charge in [0.1, 0.15) is 5.75 Å². The van der Waals surface area contributed by atoms with E-state index in [9.17, 15) is 13.2 Å². The minimum Gasteiger partial charge on any atom is -0.496 e. The summed E-state index contributed by atoms with van der Waals surface area (Å²) in [5, 5.41) is 4.23. The molecule has 2 heterocycles. The molecule has 27 heavy (non-hydrogen) atoms. The van der Waals surface area contributed by atoms with Gasteiger partial charge in [0.2, 0.25) is 0 Å². The molecule has 1 aromatic carbocycles. The SMILES string of the molecule is COc1ccc(Cn2cc(B3OC(C)(C)C(C)(C)O3)cn2)cc1C(F)(F)F. The Morgan fingerprint density at radius 3 is 2.33 bits per heavy atom. The van der Waals surface area contributed by atoms with Crippen molar-refractivity contribution in [3.8, 4) is 5.75 Å². The molecular formula is C18H22BF3N2O3. The van der Waals surface area contributed by atoms with Crippen LogP contribution in [0.1, 0.15) is 38.8 Å². The molecule has 0 aliphatic carbocycles. The predicted molar refractivity (Wildman–Crippen MR) is 95.0 cm³/mol. The third-order valence-electron chi connectivity index (χ3n) is 5.09. The second-order valence-electron chi connectivity index (χ2n) is 7.59. The van der Waals surface area contributed by atoms with Crippen LogP contribution in [0.3, 0.4) is 0 Å². The van der Waals surface area contributed by atoms with Crippen LogP contribution in [0.5, 0.6) is 5.75 Å². The van der Waals surface area contributed by atoms with E-state index in [1.165, 1.54) is 13.2 Å². The lowest BCUT2D eigenvalue weighted by Gasteiger charge is -2.32. The van der Waals surface area contributed by atoms with Crippen LogP contribution in [0.2, 0.25) is 0 Å². The number of halogens is 3. The molecule has 3 rings (SSSR count). The topological polar surface area (TPSA) is 45.5 Å². The first-order chi connectivity index (χ1) is 12.4. The summed E-state index contributed by atoms with van der Waals surface area (Å²) in [4.78, 5) is 0. The van der Waals surface area contributed by atoms with Gasteiger partial charge in [-0.2, -0.15) is 18.3 Å². The molecule has 9 heteroatoms.